The van der Waals surface area contributed by atoms with Crippen molar-refractivity contribution in [3.8, 4) is 0 Å². The van der Waals surface area contributed by atoms with Gasteiger partial charge in [0, 0.05) is 23.8 Å². The predicted octanol–water partition coefficient (Wildman–Crippen LogP) is 7.21. The van der Waals surface area contributed by atoms with Crippen molar-refractivity contribution in [2.24, 2.45) is 0 Å². The third kappa shape index (κ3) is 6.42. The second kappa shape index (κ2) is 11.3. The number of hydrogen-bond donors (Lipinski definition) is 3. The van der Waals surface area contributed by atoms with E-state index in [0.29, 0.717) is 15.8 Å². The molecule has 10 heteroatoms. The molecule has 0 aliphatic carbocycles. The quantitative estimate of drug-likeness (QED) is 0.275. The zero-order valence-electron chi connectivity index (χ0n) is 20.1. The first-order valence-corrected chi connectivity index (χ1v) is 14.3. The van der Waals surface area contributed by atoms with E-state index in [9.17, 15) is 8.42 Å². The molecule has 0 spiro atoms. The highest BCUT2D eigenvalue weighted by Crippen LogP contribution is 2.33. The van der Waals surface area contributed by atoms with Gasteiger partial charge in [-0.1, -0.05) is 35.3 Å². The van der Waals surface area contributed by atoms with Crippen molar-refractivity contribution in [3.05, 3.63) is 75.8 Å². The van der Waals surface area contributed by atoms with Crippen molar-refractivity contribution in [2.75, 3.05) is 33.3 Å². The van der Waals surface area contributed by atoms with Gasteiger partial charge < -0.3 is 15.5 Å². The van der Waals surface area contributed by atoms with E-state index in [1.807, 2.05) is 38.1 Å². The summed E-state index contributed by atoms with van der Waals surface area (Å²) in [5, 5.41) is 7.49. The van der Waals surface area contributed by atoms with E-state index < -0.39 is 10.0 Å². The molecule has 1 aliphatic rings. The molecule has 3 aromatic carbocycles. The van der Waals surface area contributed by atoms with E-state index >= 15 is 0 Å². The Kier molecular flexibility index (Phi) is 8.30. The highest BCUT2D eigenvalue weighted by Gasteiger charge is 2.21. The Morgan fingerprint density at radius 3 is 2.33 bits per heavy atom. The molecule has 0 bridgehead atoms. The Hall–Kier alpha value is -2.52. The van der Waals surface area contributed by atoms with Crippen LogP contribution in [0.4, 0.5) is 22.7 Å². The fourth-order valence-corrected chi connectivity index (χ4v) is 5.83. The van der Waals surface area contributed by atoms with E-state index in [4.69, 9.17) is 35.4 Å². The number of sulfonamides is 1. The van der Waals surface area contributed by atoms with Crippen LogP contribution in [-0.4, -0.2) is 26.6 Å². The number of piperidine rings is 1. The van der Waals surface area contributed by atoms with Gasteiger partial charge in [0.2, 0.25) is 0 Å². The van der Waals surface area contributed by atoms with E-state index in [1.54, 1.807) is 24.3 Å². The van der Waals surface area contributed by atoms with Gasteiger partial charge in [0.1, 0.15) is 0 Å². The maximum Gasteiger partial charge on any atom is 0.262 e. The molecule has 0 aromatic heterocycles. The minimum atomic E-state index is -3.94. The molecule has 1 heterocycles. The molecule has 1 fully saturated rings. The van der Waals surface area contributed by atoms with Crippen molar-refractivity contribution < 1.29 is 8.42 Å². The lowest BCUT2D eigenvalue weighted by Crippen LogP contribution is -2.31. The van der Waals surface area contributed by atoms with Crippen LogP contribution in [-0.2, 0) is 10.0 Å². The van der Waals surface area contributed by atoms with Crippen LogP contribution < -0.4 is 20.3 Å². The smallest absolute Gasteiger partial charge is 0.262 e. The van der Waals surface area contributed by atoms with Gasteiger partial charge in [0.25, 0.3) is 10.0 Å². The normalized spacial score (nSPS) is 13.8. The van der Waals surface area contributed by atoms with Crippen LogP contribution in [0.5, 0.6) is 0 Å². The summed E-state index contributed by atoms with van der Waals surface area (Å²) in [7, 11) is -3.94. The van der Waals surface area contributed by atoms with Gasteiger partial charge in [-0.15, -0.1) is 0 Å². The molecule has 0 atom stereocenters. The molecule has 1 aliphatic heterocycles. The first-order valence-electron chi connectivity index (χ1n) is 11.6. The monoisotopic (exact) mass is 562 g/mol. The second-order valence-electron chi connectivity index (χ2n) is 8.85. The van der Waals surface area contributed by atoms with Crippen LogP contribution in [0.3, 0.4) is 0 Å². The molecule has 190 valence electrons. The number of hydrogen-bond acceptors (Lipinski definition) is 4. The molecule has 0 amide bonds. The number of nitrogens with zero attached hydrogens (tertiary/aromatic N) is 1. The topological polar surface area (TPSA) is 73.5 Å². The Bertz CT molecular complexity index is 1390. The van der Waals surface area contributed by atoms with Gasteiger partial charge in [-0.2, -0.15) is 0 Å². The van der Waals surface area contributed by atoms with Crippen molar-refractivity contribution in [3.63, 3.8) is 0 Å². The fraction of sp³-hybridized carbons (Fsp3) is 0.269. The number of nitrogens with one attached hydrogen (secondary N) is 3. The summed E-state index contributed by atoms with van der Waals surface area (Å²) in [5.74, 6) is 0. The summed E-state index contributed by atoms with van der Waals surface area (Å²) >= 11 is 17.8. The van der Waals surface area contributed by atoms with E-state index in [2.05, 4.69) is 20.3 Å². The lowest BCUT2D eigenvalue weighted by molar-refractivity contribution is 0.578. The molecule has 0 unspecified atom stereocenters. The van der Waals surface area contributed by atoms with Crippen LogP contribution in [0.15, 0.2) is 59.5 Å². The molecule has 36 heavy (non-hydrogen) atoms. The fourth-order valence-electron chi connectivity index (χ4n) is 4.12. The van der Waals surface area contributed by atoms with Gasteiger partial charge in [-0.05, 0) is 98.9 Å². The molecule has 1 saturated heterocycles. The predicted molar refractivity (Wildman–Crippen MR) is 156 cm³/mol. The summed E-state index contributed by atoms with van der Waals surface area (Å²) in [5.41, 5.74) is 4.79. The number of halogens is 2. The Morgan fingerprint density at radius 1 is 0.861 bits per heavy atom. The molecule has 3 N–H and O–H groups in total. The number of anilines is 4. The van der Waals surface area contributed by atoms with Gasteiger partial charge in [0.15, 0.2) is 5.11 Å². The van der Waals surface area contributed by atoms with Crippen molar-refractivity contribution in [1.82, 2.24) is 0 Å². The van der Waals surface area contributed by atoms with Gasteiger partial charge in [-0.3, -0.25) is 4.72 Å². The third-order valence-corrected chi connectivity index (χ3v) is 8.17. The number of thiocarbonyl (C=S) groups is 1. The minimum absolute atomic E-state index is 0.0799. The van der Waals surface area contributed by atoms with E-state index in [0.717, 1.165) is 48.4 Å². The van der Waals surface area contributed by atoms with Gasteiger partial charge >= 0.3 is 0 Å². The first-order chi connectivity index (χ1) is 17.1. The summed E-state index contributed by atoms with van der Waals surface area (Å²) in [4.78, 5) is 2.33. The van der Waals surface area contributed by atoms with E-state index in [1.165, 1.54) is 12.5 Å². The van der Waals surface area contributed by atoms with Crippen LogP contribution in [0.1, 0.15) is 30.4 Å². The Balaban J connectivity index is 1.65. The number of rotatable bonds is 6. The average molecular weight is 564 g/mol. The second-order valence-corrected chi connectivity index (χ2v) is 11.8. The molecule has 3 aromatic rings. The minimum Gasteiger partial charge on any atom is -0.370 e. The van der Waals surface area contributed by atoms with Crippen LogP contribution >= 0.6 is 35.4 Å². The summed E-state index contributed by atoms with van der Waals surface area (Å²) in [6.45, 7) is 5.81. The van der Waals surface area contributed by atoms with Crippen LogP contribution in [0.25, 0.3) is 0 Å². The number of benzene rings is 3. The number of aryl methyl sites for hydroxylation is 2. The highest BCUT2D eigenvalue weighted by molar-refractivity contribution is 7.92. The lowest BCUT2D eigenvalue weighted by atomic mass is 10.1. The summed E-state index contributed by atoms with van der Waals surface area (Å²) in [6, 6.07) is 15.7. The molecule has 0 saturated carbocycles. The Labute approximate surface area is 228 Å². The zero-order valence-corrected chi connectivity index (χ0v) is 23.2. The lowest BCUT2D eigenvalue weighted by Gasteiger charge is -2.31. The largest absolute Gasteiger partial charge is 0.370 e. The maximum absolute atomic E-state index is 13.3. The van der Waals surface area contributed by atoms with Crippen LogP contribution in [0, 0.1) is 13.8 Å². The zero-order chi connectivity index (χ0) is 25.9. The SMILES string of the molecule is Cc1ccc(C)c(NC(=S)Nc2cc(S(=O)(=O)Nc3cc(Cl)ccc3Cl)ccc2N2CCCCC2)c1. The molecule has 0 radical (unpaired) electrons. The molecule has 4 rings (SSSR count). The molecule has 6 nitrogen and oxygen atoms in total. The van der Waals surface area contributed by atoms with Gasteiger partial charge in [0.05, 0.1) is 27.0 Å². The third-order valence-electron chi connectivity index (χ3n) is 6.04. The van der Waals surface area contributed by atoms with Crippen molar-refractivity contribution >= 4 is 73.3 Å². The van der Waals surface area contributed by atoms with Crippen LogP contribution in [0.2, 0.25) is 10.0 Å². The first kappa shape index (κ1) is 26.5. The van der Waals surface area contributed by atoms with E-state index in [-0.39, 0.29) is 15.6 Å². The summed E-state index contributed by atoms with van der Waals surface area (Å²) in [6.07, 6.45) is 3.35. The van der Waals surface area contributed by atoms with Crippen molar-refractivity contribution in [2.45, 2.75) is 38.0 Å². The Morgan fingerprint density at radius 2 is 1.58 bits per heavy atom. The molecular weight excluding hydrogens is 535 g/mol. The summed E-state index contributed by atoms with van der Waals surface area (Å²) < 4.78 is 29.1. The molecular formula is C26H28Cl2N4O2S2. The maximum atomic E-state index is 13.3. The van der Waals surface area contributed by atoms with Crippen molar-refractivity contribution in [1.29, 1.82) is 0 Å². The standard InChI is InChI=1S/C26H28Cl2N4O2S2/c1-17-6-7-18(2)22(14-17)29-26(35)30-24-16-20(9-11-25(24)32-12-4-3-5-13-32)36(33,34)31-23-15-19(27)8-10-21(23)28/h6-11,14-16,31H,3-5,12-13H2,1-2H3,(H2,29,30,35). The average Bonchev–Trinajstić information content (AvgIpc) is 2.84. The highest BCUT2D eigenvalue weighted by atomic mass is 35.5. The van der Waals surface area contributed by atoms with Gasteiger partial charge in [-0.25, -0.2) is 8.42 Å².